The van der Waals surface area contributed by atoms with Crippen LogP contribution in [0.3, 0.4) is 0 Å². The average Bonchev–Trinajstić information content (AvgIpc) is 3.00. The summed E-state index contributed by atoms with van der Waals surface area (Å²) in [5.74, 6) is -1.49. The minimum Gasteiger partial charge on any atom is -0.496 e. The number of nitrogens with one attached hydrogen (secondary N) is 1. The number of benzene rings is 1. The first-order chi connectivity index (χ1) is 11.0. The van der Waals surface area contributed by atoms with Gasteiger partial charge in [0.05, 0.1) is 12.6 Å². The van der Waals surface area contributed by atoms with Gasteiger partial charge >= 0.3 is 5.97 Å². The van der Waals surface area contributed by atoms with Gasteiger partial charge in [-0.2, -0.15) is 0 Å². The quantitative estimate of drug-likeness (QED) is 0.910. The number of hydrogen-bond acceptors (Lipinski definition) is 3. The van der Waals surface area contributed by atoms with Crippen molar-refractivity contribution in [3.8, 4) is 5.75 Å². The van der Waals surface area contributed by atoms with Crippen molar-refractivity contribution in [1.29, 1.82) is 0 Å². The number of fused-ring (bicyclic) bond motifs is 1. The Kier molecular flexibility index (Phi) is 3.94. The average molecular weight is 320 g/mol. The Balaban J connectivity index is 2.00. The second kappa shape index (κ2) is 5.91. The van der Waals surface area contributed by atoms with Gasteiger partial charge in [0, 0.05) is 11.9 Å². The Labute approximate surface area is 131 Å². The molecule has 2 heterocycles. The number of H-pyrrole nitrogens is 1. The molecule has 0 aliphatic carbocycles. The highest BCUT2D eigenvalue weighted by Gasteiger charge is 2.33. The highest BCUT2D eigenvalue weighted by atomic mass is 19.1. The molecule has 6 nitrogen and oxygen atoms in total. The highest BCUT2D eigenvalue weighted by molar-refractivity contribution is 6.01. The van der Waals surface area contributed by atoms with E-state index in [2.05, 4.69) is 4.98 Å². The second-order valence-corrected chi connectivity index (χ2v) is 5.57. The molecule has 2 aromatic rings. The molecule has 1 aliphatic heterocycles. The fourth-order valence-electron chi connectivity index (χ4n) is 3.04. The summed E-state index contributed by atoms with van der Waals surface area (Å²) < 4.78 is 19.1. The van der Waals surface area contributed by atoms with E-state index >= 15 is 0 Å². The largest absolute Gasteiger partial charge is 0.496 e. The summed E-state index contributed by atoms with van der Waals surface area (Å²) in [4.78, 5) is 28.1. The van der Waals surface area contributed by atoms with Crippen LogP contribution in [-0.2, 0) is 4.79 Å². The van der Waals surface area contributed by atoms with Crippen LogP contribution in [0.4, 0.5) is 4.39 Å². The van der Waals surface area contributed by atoms with Gasteiger partial charge in [-0.15, -0.1) is 0 Å². The Morgan fingerprint density at radius 3 is 2.87 bits per heavy atom. The van der Waals surface area contributed by atoms with Crippen LogP contribution in [0.5, 0.6) is 5.75 Å². The Hall–Kier alpha value is -2.57. The number of aromatic nitrogens is 1. The first kappa shape index (κ1) is 15.3. The minimum atomic E-state index is -1.02. The molecule has 23 heavy (non-hydrogen) atoms. The monoisotopic (exact) mass is 320 g/mol. The second-order valence-electron chi connectivity index (χ2n) is 5.57. The van der Waals surface area contributed by atoms with Crippen LogP contribution in [0.2, 0.25) is 0 Å². The predicted octanol–water partition coefficient (Wildman–Crippen LogP) is 2.39. The van der Waals surface area contributed by atoms with Crippen LogP contribution in [-0.4, -0.2) is 46.6 Å². The number of halogens is 1. The maximum Gasteiger partial charge on any atom is 0.326 e. The minimum absolute atomic E-state index is 0.163. The number of rotatable bonds is 3. The number of ether oxygens (including phenoxy) is 1. The number of carbonyl (C=O) groups is 2. The van der Waals surface area contributed by atoms with Crippen molar-refractivity contribution in [1.82, 2.24) is 9.88 Å². The maximum absolute atomic E-state index is 13.9. The van der Waals surface area contributed by atoms with Crippen molar-refractivity contribution >= 4 is 22.8 Å². The number of hydrogen-bond donors (Lipinski definition) is 2. The summed E-state index contributed by atoms with van der Waals surface area (Å²) in [5.41, 5.74) is 0.341. The fraction of sp³-hybridized carbons (Fsp3) is 0.375. The van der Waals surface area contributed by atoms with Crippen molar-refractivity contribution in [2.24, 2.45) is 0 Å². The number of nitrogens with zero attached hydrogens (tertiary/aromatic N) is 1. The summed E-state index contributed by atoms with van der Waals surface area (Å²) in [6, 6.07) is 3.41. The number of aliphatic carboxylic acids is 1. The van der Waals surface area contributed by atoms with Crippen LogP contribution in [0.1, 0.15) is 29.8 Å². The third-order valence-electron chi connectivity index (χ3n) is 4.20. The Bertz CT molecular complexity index is 771. The summed E-state index contributed by atoms with van der Waals surface area (Å²) >= 11 is 0. The molecule has 1 fully saturated rings. The first-order valence-corrected chi connectivity index (χ1v) is 7.42. The number of aromatic amines is 1. The Morgan fingerprint density at radius 2 is 2.17 bits per heavy atom. The molecule has 1 unspecified atom stereocenters. The van der Waals surface area contributed by atoms with Gasteiger partial charge in [-0.1, -0.05) is 0 Å². The third-order valence-corrected chi connectivity index (χ3v) is 4.20. The van der Waals surface area contributed by atoms with Gasteiger partial charge in [0.15, 0.2) is 0 Å². The van der Waals surface area contributed by atoms with Crippen molar-refractivity contribution in [2.45, 2.75) is 25.3 Å². The topological polar surface area (TPSA) is 82.6 Å². The van der Waals surface area contributed by atoms with Crippen molar-refractivity contribution in [3.63, 3.8) is 0 Å². The lowest BCUT2D eigenvalue weighted by atomic mass is 10.0. The summed E-state index contributed by atoms with van der Waals surface area (Å²) in [7, 11) is 1.46. The van der Waals surface area contributed by atoms with E-state index in [-0.39, 0.29) is 11.2 Å². The van der Waals surface area contributed by atoms with Crippen molar-refractivity contribution in [2.75, 3.05) is 13.7 Å². The number of likely N-dealkylation sites (tertiary alicyclic amines) is 1. The standard InChI is InChI=1S/C16H17FN2O4/c1-23-13-6-5-10(17)14-9(13)8-11(18-14)15(20)19-7-3-2-4-12(19)16(21)22/h5-6,8,12,18H,2-4,7H2,1H3,(H,21,22). The molecule has 3 rings (SSSR count). The highest BCUT2D eigenvalue weighted by Crippen LogP contribution is 2.29. The zero-order valence-electron chi connectivity index (χ0n) is 12.6. The van der Waals surface area contributed by atoms with Crippen molar-refractivity contribution in [3.05, 3.63) is 29.7 Å². The fourth-order valence-corrected chi connectivity index (χ4v) is 3.04. The van der Waals surface area contributed by atoms with Crippen LogP contribution in [0.15, 0.2) is 18.2 Å². The van der Waals surface area contributed by atoms with E-state index in [9.17, 15) is 19.1 Å². The van der Waals surface area contributed by atoms with Crippen LogP contribution >= 0.6 is 0 Å². The molecule has 1 atom stereocenters. The molecular weight excluding hydrogens is 303 g/mol. The van der Waals surface area contributed by atoms with Gasteiger partial charge in [-0.3, -0.25) is 4.79 Å². The molecule has 122 valence electrons. The lowest BCUT2D eigenvalue weighted by Gasteiger charge is -2.32. The van der Waals surface area contributed by atoms with E-state index in [4.69, 9.17) is 4.74 Å². The summed E-state index contributed by atoms with van der Waals surface area (Å²) in [6.07, 6.45) is 1.96. The van der Waals surface area contributed by atoms with E-state index in [1.54, 1.807) is 0 Å². The van der Waals surface area contributed by atoms with Gasteiger partial charge in [0.2, 0.25) is 0 Å². The molecule has 1 amide bonds. The normalized spacial score (nSPS) is 18.2. The van der Waals surface area contributed by atoms with Crippen molar-refractivity contribution < 1.29 is 23.8 Å². The van der Waals surface area contributed by atoms with E-state index in [0.29, 0.717) is 24.1 Å². The van der Waals surface area contributed by atoms with Gasteiger partial charge in [0.25, 0.3) is 5.91 Å². The molecule has 0 spiro atoms. The van der Waals surface area contributed by atoms with Crippen LogP contribution in [0.25, 0.3) is 10.9 Å². The molecule has 7 heteroatoms. The molecule has 1 aromatic carbocycles. The Morgan fingerprint density at radius 1 is 1.39 bits per heavy atom. The lowest BCUT2D eigenvalue weighted by Crippen LogP contribution is -2.48. The SMILES string of the molecule is COc1ccc(F)c2[nH]c(C(=O)N3CCCCC3C(=O)O)cc12. The van der Waals surface area contributed by atoms with Gasteiger partial charge in [0.1, 0.15) is 23.3 Å². The molecule has 0 saturated carbocycles. The molecule has 1 aliphatic rings. The molecule has 1 saturated heterocycles. The summed E-state index contributed by atoms with van der Waals surface area (Å²) in [6.45, 7) is 0.380. The number of carboxylic acid groups (broad SMARTS) is 1. The van der Waals surface area contributed by atoms with Gasteiger partial charge < -0.3 is 19.7 Å². The van der Waals surface area contributed by atoms with E-state index in [0.717, 1.165) is 12.8 Å². The zero-order valence-corrected chi connectivity index (χ0v) is 12.6. The molecule has 1 aromatic heterocycles. The van der Waals surface area contributed by atoms with Crippen LogP contribution in [0, 0.1) is 5.82 Å². The van der Waals surface area contributed by atoms with Gasteiger partial charge in [-0.05, 0) is 37.5 Å². The number of amides is 1. The smallest absolute Gasteiger partial charge is 0.326 e. The maximum atomic E-state index is 13.9. The third kappa shape index (κ3) is 2.62. The predicted molar refractivity (Wildman–Crippen MR) is 81.1 cm³/mol. The molecule has 0 bridgehead atoms. The first-order valence-electron chi connectivity index (χ1n) is 7.42. The van der Waals surface area contributed by atoms with E-state index in [1.165, 1.54) is 30.2 Å². The molecular formula is C16H17FN2O4. The number of piperidine rings is 1. The number of methoxy groups -OCH3 is 1. The number of carboxylic acids is 1. The van der Waals surface area contributed by atoms with Gasteiger partial charge in [-0.25, -0.2) is 9.18 Å². The van der Waals surface area contributed by atoms with Crippen LogP contribution < -0.4 is 4.74 Å². The number of carbonyl (C=O) groups excluding carboxylic acids is 1. The lowest BCUT2D eigenvalue weighted by molar-refractivity contribution is -0.143. The summed E-state index contributed by atoms with van der Waals surface area (Å²) in [5, 5.41) is 9.74. The molecule has 0 radical (unpaired) electrons. The van der Waals surface area contributed by atoms with E-state index in [1.807, 2.05) is 0 Å². The van der Waals surface area contributed by atoms with E-state index < -0.39 is 23.7 Å². The molecule has 2 N–H and O–H groups in total. The zero-order chi connectivity index (χ0) is 16.6.